The van der Waals surface area contributed by atoms with E-state index in [1.807, 2.05) is 0 Å². The molecular weight excluding hydrogens is 283 g/mol. The van der Waals surface area contributed by atoms with Crippen LogP contribution in [0, 0.1) is 0 Å². The molecule has 0 fully saturated rings. The second-order valence-electron chi connectivity index (χ2n) is 5.23. The zero-order valence-electron chi connectivity index (χ0n) is 12.3. The number of halogens is 3. The molecule has 0 amide bonds. The van der Waals surface area contributed by atoms with Gasteiger partial charge in [0.2, 0.25) is 0 Å². The summed E-state index contributed by atoms with van der Waals surface area (Å²) in [4.78, 5) is 11.6. The Bertz CT molecular complexity index is 502. The average molecular weight is 303 g/mol. The van der Waals surface area contributed by atoms with E-state index in [0.29, 0.717) is 6.42 Å². The molecular formula is C15H20F3NO2. The summed E-state index contributed by atoms with van der Waals surface area (Å²) >= 11 is 0. The molecule has 0 aliphatic heterocycles. The van der Waals surface area contributed by atoms with E-state index < -0.39 is 29.2 Å². The smallest absolute Gasteiger partial charge is 0.416 e. The molecule has 6 heteroatoms. The number of ether oxygens (including phenoxy) is 1. The Kier molecular flexibility index (Phi) is 5.39. The Labute approximate surface area is 122 Å². The highest BCUT2D eigenvalue weighted by Crippen LogP contribution is 2.41. The lowest BCUT2D eigenvalue weighted by atomic mass is 9.71. The van der Waals surface area contributed by atoms with E-state index in [4.69, 9.17) is 5.73 Å². The summed E-state index contributed by atoms with van der Waals surface area (Å²) in [5.41, 5.74) is 4.14. The number of nitrogens with two attached hydrogens (primary N) is 1. The Balaban J connectivity index is 3.44. The van der Waals surface area contributed by atoms with Crippen molar-refractivity contribution in [3.63, 3.8) is 0 Å². The molecule has 118 valence electrons. The highest BCUT2D eigenvalue weighted by Gasteiger charge is 2.43. The molecule has 0 aliphatic rings. The zero-order valence-corrected chi connectivity index (χ0v) is 12.3. The van der Waals surface area contributed by atoms with Crippen molar-refractivity contribution in [1.82, 2.24) is 0 Å². The van der Waals surface area contributed by atoms with E-state index in [1.165, 1.54) is 25.3 Å². The minimum Gasteiger partial charge on any atom is -0.469 e. The van der Waals surface area contributed by atoms with E-state index >= 15 is 0 Å². The van der Waals surface area contributed by atoms with E-state index in [1.54, 1.807) is 13.8 Å². The van der Waals surface area contributed by atoms with Gasteiger partial charge in [0, 0.05) is 11.5 Å². The van der Waals surface area contributed by atoms with E-state index in [9.17, 15) is 18.0 Å². The van der Waals surface area contributed by atoms with E-state index in [0.717, 1.165) is 6.07 Å². The summed E-state index contributed by atoms with van der Waals surface area (Å²) in [5, 5.41) is 0. The third-order valence-electron chi connectivity index (χ3n) is 3.85. The van der Waals surface area contributed by atoms with E-state index in [2.05, 4.69) is 4.74 Å². The molecule has 2 unspecified atom stereocenters. The topological polar surface area (TPSA) is 52.3 Å². The third-order valence-corrected chi connectivity index (χ3v) is 3.85. The molecule has 0 saturated heterocycles. The number of methoxy groups -OCH3 is 1. The summed E-state index contributed by atoms with van der Waals surface area (Å²) in [6.07, 6.45) is -4.26. The monoisotopic (exact) mass is 303 g/mol. The van der Waals surface area contributed by atoms with Crippen molar-refractivity contribution in [1.29, 1.82) is 0 Å². The maximum absolute atomic E-state index is 13.2. The Morgan fingerprint density at radius 1 is 1.29 bits per heavy atom. The maximum Gasteiger partial charge on any atom is 0.416 e. The van der Waals surface area contributed by atoms with Gasteiger partial charge < -0.3 is 10.5 Å². The van der Waals surface area contributed by atoms with Gasteiger partial charge in [-0.2, -0.15) is 13.2 Å². The number of alkyl halides is 3. The van der Waals surface area contributed by atoms with Gasteiger partial charge >= 0.3 is 12.1 Å². The zero-order chi connectivity index (χ0) is 16.3. The van der Waals surface area contributed by atoms with E-state index in [-0.39, 0.29) is 12.0 Å². The molecule has 21 heavy (non-hydrogen) atoms. The van der Waals surface area contributed by atoms with Crippen molar-refractivity contribution in [3.05, 3.63) is 35.4 Å². The predicted molar refractivity (Wildman–Crippen MR) is 73.7 cm³/mol. The van der Waals surface area contributed by atoms with Crippen LogP contribution < -0.4 is 5.73 Å². The molecule has 1 aromatic carbocycles. The van der Waals surface area contributed by atoms with Crippen molar-refractivity contribution in [3.8, 4) is 0 Å². The lowest BCUT2D eigenvalue weighted by Gasteiger charge is -2.36. The maximum atomic E-state index is 13.2. The summed E-state index contributed by atoms with van der Waals surface area (Å²) < 4.78 is 44.2. The van der Waals surface area contributed by atoms with Crippen molar-refractivity contribution in [2.24, 2.45) is 5.73 Å². The van der Waals surface area contributed by atoms with Gasteiger partial charge in [-0.3, -0.25) is 4.79 Å². The molecule has 2 atom stereocenters. The molecule has 1 rings (SSSR count). The molecule has 0 radical (unpaired) electrons. The first-order valence-corrected chi connectivity index (χ1v) is 6.66. The lowest BCUT2D eigenvalue weighted by molar-refractivity contribution is -0.144. The fourth-order valence-electron chi connectivity index (χ4n) is 2.48. The quantitative estimate of drug-likeness (QED) is 0.849. The van der Waals surface area contributed by atoms with Crippen LogP contribution in [0.2, 0.25) is 0 Å². The van der Waals surface area contributed by atoms with Gasteiger partial charge in [0.1, 0.15) is 0 Å². The van der Waals surface area contributed by atoms with Gasteiger partial charge in [0.15, 0.2) is 0 Å². The first-order chi connectivity index (χ1) is 9.66. The summed E-state index contributed by atoms with van der Waals surface area (Å²) in [7, 11) is 1.20. The van der Waals surface area contributed by atoms with Crippen LogP contribution in [0.4, 0.5) is 13.2 Å². The Morgan fingerprint density at radius 3 is 2.24 bits per heavy atom. The minimum absolute atomic E-state index is 0.0252. The SMILES string of the molecule is CCC(N)C(C)(CC(=O)OC)c1ccccc1C(F)(F)F. The first-order valence-electron chi connectivity index (χ1n) is 6.66. The molecule has 3 nitrogen and oxygen atoms in total. The van der Waals surface area contributed by atoms with Crippen LogP contribution >= 0.6 is 0 Å². The van der Waals surface area contributed by atoms with Crippen LogP contribution in [0.15, 0.2) is 24.3 Å². The number of esters is 1. The molecule has 0 aliphatic carbocycles. The van der Waals surface area contributed by atoms with Crippen molar-refractivity contribution >= 4 is 5.97 Å². The molecule has 0 spiro atoms. The van der Waals surface area contributed by atoms with Crippen molar-refractivity contribution in [2.45, 2.75) is 44.3 Å². The van der Waals surface area contributed by atoms with Gasteiger partial charge in [0.25, 0.3) is 0 Å². The third kappa shape index (κ3) is 3.75. The van der Waals surface area contributed by atoms with Crippen LogP contribution in [0.1, 0.15) is 37.8 Å². The normalized spacial score (nSPS) is 16.1. The van der Waals surface area contributed by atoms with Crippen LogP contribution in [-0.2, 0) is 21.1 Å². The number of hydrogen-bond acceptors (Lipinski definition) is 3. The molecule has 0 heterocycles. The number of benzene rings is 1. The number of rotatable bonds is 5. The first kappa shape index (κ1) is 17.5. The largest absolute Gasteiger partial charge is 0.469 e. The lowest BCUT2D eigenvalue weighted by Crippen LogP contribution is -2.45. The predicted octanol–water partition coefficient (Wildman–Crippen LogP) is 3.26. The Morgan fingerprint density at radius 2 is 1.81 bits per heavy atom. The van der Waals surface area contributed by atoms with Crippen molar-refractivity contribution in [2.75, 3.05) is 7.11 Å². The standard InChI is InChI=1S/C15H20F3NO2/c1-4-12(19)14(2,9-13(20)21-3)10-7-5-6-8-11(10)15(16,17)18/h5-8,12H,4,9,19H2,1-3H3. The highest BCUT2D eigenvalue weighted by molar-refractivity contribution is 5.71. The summed E-state index contributed by atoms with van der Waals surface area (Å²) in [6, 6.07) is 4.62. The fraction of sp³-hybridized carbons (Fsp3) is 0.533. The number of carbonyl (C=O) groups excluding carboxylic acids is 1. The molecule has 1 aromatic rings. The van der Waals surface area contributed by atoms with Crippen LogP contribution in [0.25, 0.3) is 0 Å². The summed E-state index contributed by atoms with van der Waals surface area (Å²) in [6.45, 7) is 3.35. The molecule has 0 saturated carbocycles. The Hall–Kier alpha value is -1.56. The molecule has 2 N–H and O–H groups in total. The fourth-order valence-corrected chi connectivity index (χ4v) is 2.48. The van der Waals surface area contributed by atoms with Crippen LogP contribution in [-0.4, -0.2) is 19.1 Å². The molecule has 0 aromatic heterocycles. The molecule has 0 bridgehead atoms. The number of carbonyl (C=O) groups is 1. The van der Waals surface area contributed by atoms with Crippen molar-refractivity contribution < 1.29 is 22.7 Å². The van der Waals surface area contributed by atoms with Gasteiger partial charge in [0.05, 0.1) is 19.1 Å². The van der Waals surface area contributed by atoms with Crippen LogP contribution in [0.5, 0.6) is 0 Å². The van der Waals surface area contributed by atoms with Gasteiger partial charge in [-0.05, 0) is 18.1 Å². The van der Waals surface area contributed by atoms with Gasteiger partial charge in [-0.15, -0.1) is 0 Å². The second kappa shape index (κ2) is 6.47. The van der Waals surface area contributed by atoms with Gasteiger partial charge in [-0.1, -0.05) is 32.0 Å². The minimum atomic E-state index is -4.50. The van der Waals surface area contributed by atoms with Crippen LogP contribution in [0.3, 0.4) is 0 Å². The number of hydrogen-bond donors (Lipinski definition) is 1. The summed E-state index contributed by atoms with van der Waals surface area (Å²) in [5.74, 6) is -0.585. The van der Waals surface area contributed by atoms with Gasteiger partial charge in [-0.25, -0.2) is 0 Å². The average Bonchev–Trinajstić information content (AvgIpc) is 2.45. The highest BCUT2D eigenvalue weighted by atomic mass is 19.4. The second-order valence-corrected chi connectivity index (χ2v) is 5.23.